The summed E-state index contributed by atoms with van der Waals surface area (Å²) < 4.78 is 20.4. The van der Waals surface area contributed by atoms with Gasteiger partial charge in [-0.2, -0.15) is 0 Å². The zero-order valence-corrected chi connectivity index (χ0v) is 10.3. The summed E-state index contributed by atoms with van der Waals surface area (Å²) in [5, 5.41) is 0. The monoisotopic (exact) mass is 252 g/mol. The van der Waals surface area contributed by atoms with Crippen LogP contribution in [0.5, 0.6) is 5.75 Å². The number of rotatable bonds is 6. The Morgan fingerprint density at radius 1 is 1.39 bits per heavy atom. The average molecular weight is 252 g/mol. The maximum absolute atomic E-state index is 11.2. The second-order valence-corrected chi connectivity index (χ2v) is 3.90. The first-order valence-electron chi connectivity index (χ1n) is 5.92. The van der Waals surface area contributed by atoms with E-state index in [0.29, 0.717) is 19.6 Å². The van der Waals surface area contributed by atoms with E-state index in [4.69, 9.17) is 18.9 Å². The smallest absolute Gasteiger partial charge is 0.493 e. The quantitative estimate of drug-likeness (QED) is 0.574. The van der Waals surface area contributed by atoms with Crippen LogP contribution in [0.1, 0.15) is 13.3 Å². The van der Waals surface area contributed by atoms with Gasteiger partial charge in [0.2, 0.25) is 5.79 Å². The lowest BCUT2D eigenvalue weighted by Crippen LogP contribution is -2.24. The predicted octanol–water partition coefficient (Wildman–Crippen LogP) is 2.36. The van der Waals surface area contributed by atoms with Crippen LogP contribution in [-0.2, 0) is 14.2 Å². The molecule has 0 aromatic heterocycles. The Balaban J connectivity index is 1.71. The highest BCUT2D eigenvalue weighted by atomic mass is 16.8. The van der Waals surface area contributed by atoms with Crippen LogP contribution in [-0.4, -0.2) is 31.8 Å². The van der Waals surface area contributed by atoms with Gasteiger partial charge >= 0.3 is 6.16 Å². The number of ether oxygens (including phenoxy) is 4. The van der Waals surface area contributed by atoms with Gasteiger partial charge in [0, 0.05) is 6.42 Å². The predicted molar refractivity (Wildman–Crippen MR) is 63.3 cm³/mol. The van der Waals surface area contributed by atoms with Crippen LogP contribution >= 0.6 is 0 Å². The van der Waals surface area contributed by atoms with E-state index in [9.17, 15) is 4.79 Å². The van der Waals surface area contributed by atoms with Gasteiger partial charge in [0.05, 0.1) is 13.2 Å². The molecule has 0 amide bonds. The average Bonchev–Trinajstić information content (AvgIpc) is 3.10. The molecule has 1 unspecified atom stereocenters. The number of hydrogen-bond donors (Lipinski definition) is 0. The van der Waals surface area contributed by atoms with E-state index in [0.717, 1.165) is 5.75 Å². The zero-order valence-electron chi connectivity index (χ0n) is 10.3. The van der Waals surface area contributed by atoms with Gasteiger partial charge in [-0.1, -0.05) is 18.2 Å². The lowest BCUT2D eigenvalue weighted by atomic mass is 10.3. The molecule has 1 aliphatic heterocycles. The summed E-state index contributed by atoms with van der Waals surface area (Å²) in [7, 11) is 0. The van der Waals surface area contributed by atoms with Crippen LogP contribution in [0.4, 0.5) is 4.79 Å². The third kappa shape index (κ3) is 3.63. The van der Waals surface area contributed by atoms with Crippen LogP contribution in [0.2, 0.25) is 0 Å². The van der Waals surface area contributed by atoms with Gasteiger partial charge in [-0.15, -0.1) is 0 Å². The van der Waals surface area contributed by atoms with Crippen molar-refractivity contribution >= 4 is 6.16 Å². The Morgan fingerprint density at radius 3 is 2.72 bits per heavy atom. The molecule has 98 valence electrons. The molecule has 1 saturated heterocycles. The number of carbonyl (C=O) groups excluding carboxylic acids is 1. The molecule has 0 N–H and O–H groups in total. The molecule has 0 spiro atoms. The first kappa shape index (κ1) is 12.7. The lowest BCUT2D eigenvalue weighted by molar-refractivity contribution is -0.0419. The molecule has 1 aromatic rings. The molecule has 0 saturated carbocycles. The lowest BCUT2D eigenvalue weighted by Gasteiger charge is -2.13. The summed E-state index contributed by atoms with van der Waals surface area (Å²) in [5.74, 6) is -0.0643. The topological polar surface area (TPSA) is 57.3 Å². The summed E-state index contributed by atoms with van der Waals surface area (Å²) in [6.45, 7) is 2.82. The van der Waals surface area contributed by atoms with E-state index in [-0.39, 0.29) is 6.61 Å². The van der Waals surface area contributed by atoms with Crippen molar-refractivity contribution in [2.75, 3.05) is 19.8 Å². The summed E-state index contributed by atoms with van der Waals surface area (Å²) in [6, 6.07) is 9.45. The highest BCUT2D eigenvalue weighted by Gasteiger charge is 2.49. The van der Waals surface area contributed by atoms with Crippen molar-refractivity contribution in [3.05, 3.63) is 30.3 Å². The minimum atomic E-state index is -0.846. The number of epoxide rings is 1. The molecule has 5 heteroatoms. The van der Waals surface area contributed by atoms with Crippen LogP contribution in [0, 0.1) is 0 Å². The number of benzene rings is 1. The molecule has 1 fully saturated rings. The molecular weight excluding hydrogens is 236 g/mol. The number of carbonyl (C=O) groups is 1. The highest BCUT2D eigenvalue weighted by molar-refractivity contribution is 5.60. The van der Waals surface area contributed by atoms with Crippen LogP contribution in [0.15, 0.2) is 30.3 Å². The fourth-order valence-electron chi connectivity index (χ4n) is 1.48. The summed E-state index contributed by atoms with van der Waals surface area (Å²) in [5.41, 5.74) is 0. The minimum absolute atomic E-state index is 0.287. The second-order valence-electron chi connectivity index (χ2n) is 3.90. The van der Waals surface area contributed by atoms with Gasteiger partial charge in [-0.25, -0.2) is 4.79 Å². The largest absolute Gasteiger partial charge is 0.510 e. The van der Waals surface area contributed by atoms with E-state index in [1.165, 1.54) is 0 Å². The minimum Gasteiger partial charge on any atom is -0.493 e. The summed E-state index contributed by atoms with van der Waals surface area (Å²) >= 11 is 0. The van der Waals surface area contributed by atoms with Crippen molar-refractivity contribution in [1.29, 1.82) is 0 Å². The van der Waals surface area contributed by atoms with Crippen molar-refractivity contribution in [2.45, 2.75) is 19.1 Å². The van der Waals surface area contributed by atoms with E-state index in [2.05, 4.69) is 0 Å². The molecule has 0 radical (unpaired) electrons. The second kappa shape index (κ2) is 5.73. The molecule has 0 aliphatic carbocycles. The Morgan fingerprint density at radius 2 is 2.11 bits per heavy atom. The third-order valence-electron chi connectivity index (χ3n) is 2.49. The van der Waals surface area contributed by atoms with Crippen LogP contribution in [0.3, 0.4) is 0 Å². The van der Waals surface area contributed by atoms with E-state index < -0.39 is 11.9 Å². The van der Waals surface area contributed by atoms with E-state index >= 15 is 0 Å². The van der Waals surface area contributed by atoms with Gasteiger partial charge in [0.15, 0.2) is 0 Å². The summed E-state index contributed by atoms with van der Waals surface area (Å²) in [6.07, 6.45) is -0.213. The molecular formula is C13H16O5. The fourth-order valence-corrected chi connectivity index (χ4v) is 1.48. The maximum Gasteiger partial charge on any atom is 0.510 e. The fraction of sp³-hybridized carbons (Fsp3) is 0.462. The molecule has 5 nitrogen and oxygen atoms in total. The van der Waals surface area contributed by atoms with Gasteiger partial charge in [-0.05, 0) is 19.1 Å². The van der Waals surface area contributed by atoms with Crippen LogP contribution < -0.4 is 4.74 Å². The van der Waals surface area contributed by atoms with Crippen molar-refractivity contribution in [3.63, 3.8) is 0 Å². The Labute approximate surface area is 106 Å². The third-order valence-corrected chi connectivity index (χ3v) is 2.49. The maximum atomic E-state index is 11.2. The van der Waals surface area contributed by atoms with Gasteiger partial charge in [0.25, 0.3) is 0 Å². The van der Waals surface area contributed by atoms with Crippen molar-refractivity contribution in [3.8, 4) is 5.75 Å². The van der Waals surface area contributed by atoms with Gasteiger partial charge in [-0.3, -0.25) is 0 Å². The normalized spacial score (nSPS) is 21.2. The molecule has 0 bridgehead atoms. The molecule has 1 aliphatic rings. The Hall–Kier alpha value is -1.75. The van der Waals surface area contributed by atoms with Gasteiger partial charge in [0.1, 0.15) is 12.4 Å². The number of para-hydroxylation sites is 1. The summed E-state index contributed by atoms with van der Waals surface area (Å²) in [4.78, 5) is 11.2. The molecule has 1 aromatic carbocycles. The Kier molecular flexibility index (Phi) is 4.04. The molecule has 18 heavy (non-hydrogen) atoms. The highest BCUT2D eigenvalue weighted by Crippen LogP contribution is 2.32. The molecule has 1 atom stereocenters. The zero-order chi connectivity index (χ0) is 12.8. The van der Waals surface area contributed by atoms with Crippen molar-refractivity contribution < 1.29 is 23.7 Å². The van der Waals surface area contributed by atoms with E-state index in [1.54, 1.807) is 6.92 Å². The van der Waals surface area contributed by atoms with Crippen molar-refractivity contribution in [2.24, 2.45) is 0 Å². The standard InChI is InChI=1S/C13H16O5/c1-2-15-12(14)18-13(10-17-13)8-9-16-11-6-4-3-5-7-11/h3-7H,2,8-10H2,1H3. The van der Waals surface area contributed by atoms with Gasteiger partial charge < -0.3 is 18.9 Å². The van der Waals surface area contributed by atoms with Crippen molar-refractivity contribution in [1.82, 2.24) is 0 Å². The van der Waals surface area contributed by atoms with Crippen LogP contribution in [0.25, 0.3) is 0 Å². The van der Waals surface area contributed by atoms with E-state index in [1.807, 2.05) is 30.3 Å². The number of hydrogen-bond acceptors (Lipinski definition) is 5. The first-order valence-corrected chi connectivity index (χ1v) is 5.92. The Bertz CT molecular complexity index is 386. The SMILES string of the molecule is CCOC(=O)OC1(CCOc2ccccc2)CO1. The first-order chi connectivity index (χ1) is 8.74. The molecule has 2 rings (SSSR count). The molecule has 1 heterocycles.